The van der Waals surface area contributed by atoms with Crippen LogP contribution in [-0.2, 0) is 4.74 Å². The van der Waals surface area contributed by atoms with Gasteiger partial charge in [0.1, 0.15) is 11.3 Å². The number of aromatic nitrogens is 2. The largest absolute Gasteiger partial charge is 0.474 e. The first-order chi connectivity index (χ1) is 16.8. The van der Waals surface area contributed by atoms with Gasteiger partial charge in [0.2, 0.25) is 5.90 Å². The van der Waals surface area contributed by atoms with E-state index in [-0.39, 0.29) is 40.0 Å². The predicted molar refractivity (Wildman–Crippen MR) is 135 cm³/mol. The first-order valence-electron chi connectivity index (χ1n) is 10.5. The van der Waals surface area contributed by atoms with Gasteiger partial charge in [-0.25, -0.2) is 14.8 Å². The van der Waals surface area contributed by atoms with Crippen molar-refractivity contribution >= 4 is 50.8 Å². The fraction of sp³-hybridized carbons (Fsp3) is 0.217. The lowest BCUT2D eigenvalue weighted by Crippen LogP contribution is -2.20. The molecule has 12 heteroatoms. The number of ether oxygens (including phenoxy) is 2. The first-order valence-corrected chi connectivity index (χ1v) is 11.7. The smallest absolute Gasteiger partial charge is 0.348 e. The van der Waals surface area contributed by atoms with Gasteiger partial charge in [-0.1, -0.05) is 37.1 Å². The summed E-state index contributed by atoms with van der Waals surface area (Å²) < 4.78 is 12.1. The molecule has 1 unspecified atom stereocenters. The van der Waals surface area contributed by atoms with Crippen LogP contribution in [0.15, 0.2) is 64.3 Å². The van der Waals surface area contributed by atoms with Crippen LogP contribution in [-0.4, -0.2) is 32.9 Å². The Morgan fingerprint density at radius 1 is 1.26 bits per heavy atom. The van der Waals surface area contributed by atoms with Gasteiger partial charge in [0.15, 0.2) is 0 Å². The number of amides is 2. The van der Waals surface area contributed by atoms with Gasteiger partial charge in [0.05, 0.1) is 20.5 Å². The Hall–Kier alpha value is -3.57. The molecule has 0 bridgehead atoms. The van der Waals surface area contributed by atoms with Crippen LogP contribution < -0.4 is 10.1 Å². The van der Waals surface area contributed by atoms with Crippen molar-refractivity contribution in [2.75, 3.05) is 5.32 Å². The number of nitrogens with one attached hydrogen (secondary N) is 1. The van der Waals surface area contributed by atoms with Crippen molar-refractivity contribution < 1.29 is 19.2 Å². The Morgan fingerprint density at radius 3 is 2.63 bits per heavy atom. The number of hydrogen-bond acceptors (Lipinski definition) is 7. The Bertz CT molecular complexity index is 1240. The summed E-state index contributed by atoms with van der Waals surface area (Å²) in [6, 6.07) is 9.81. The van der Waals surface area contributed by atoms with Gasteiger partial charge in [-0.2, -0.15) is 4.99 Å². The molecule has 0 fully saturated rings. The third-order valence-electron chi connectivity index (χ3n) is 4.52. The van der Waals surface area contributed by atoms with Crippen LogP contribution in [0.25, 0.3) is 0 Å². The molecule has 1 heterocycles. The highest BCUT2D eigenvalue weighted by atomic mass is 79.9. The van der Waals surface area contributed by atoms with Crippen LogP contribution in [0.5, 0.6) is 11.8 Å². The molecule has 182 valence electrons. The van der Waals surface area contributed by atoms with E-state index in [1.165, 1.54) is 42.7 Å². The average molecular weight is 563 g/mol. The number of rotatable bonds is 8. The highest BCUT2D eigenvalue weighted by molar-refractivity contribution is 9.10. The maximum Gasteiger partial charge on any atom is 0.348 e. The summed E-state index contributed by atoms with van der Waals surface area (Å²) in [7, 11) is 0. The quantitative estimate of drug-likeness (QED) is 0.139. The van der Waals surface area contributed by atoms with Crippen molar-refractivity contribution in [2.45, 2.75) is 32.8 Å². The van der Waals surface area contributed by atoms with E-state index in [2.05, 4.69) is 36.2 Å². The fourth-order valence-corrected chi connectivity index (χ4v) is 3.40. The zero-order valence-corrected chi connectivity index (χ0v) is 21.1. The molecule has 1 N–H and O–H groups in total. The maximum absolute atomic E-state index is 12.7. The van der Waals surface area contributed by atoms with E-state index in [0.717, 1.165) is 6.42 Å². The second kappa shape index (κ2) is 12.2. The molecule has 2 aromatic carbocycles. The highest BCUT2D eigenvalue weighted by Gasteiger charge is 2.22. The monoisotopic (exact) mass is 561 g/mol. The molecule has 35 heavy (non-hydrogen) atoms. The molecule has 3 aromatic rings. The molecule has 0 aliphatic rings. The number of nitro groups is 1. The van der Waals surface area contributed by atoms with Crippen LogP contribution in [0.3, 0.4) is 0 Å². The van der Waals surface area contributed by atoms with Gasteiger partial charge in [-0.3, -0.25) is 10.1 Å². The minimum Gasteiger partial charge on any atom is -0.474 e. The second-order valence-electron chi connectivity index (χ2n) is 7.27. The zero-order valence-electron chi connectivity index (χ0n) is 18.8. The van der Waals surface area contributed by atoms with E-state index >= 15 is 0 Å². The van der Waals surface area contributed by atoms with Crippen LogP contribution in [0.1, 0.15) is 32.3 Å². The predicted octanol–water partition coefficient (Wildman–Crippen LogP) is 6.78. The maximum atomic E-state index is 12.7. The molecular formula is C23H21BrClN5O5. The number of aliphatic imine (C=N–C) groups is 1. The number of para-hydroxylation sites is 1. The molecule has 2 amide bonds. The molecule has 1 atom stereocenters. The summed E-state index contributed by atoms with van der Waals surface area (Å²) in [5.41, 5.74) is 0.214. The topological polar surface area (TPSA) is 129 Å². The lowest BCUT2D eigenvalue weighted by Gasteiger charge is -2.16. The number of nitrogens with zero attached hydrogens (tertiary/aromatic N) is 4. The zero-order chi connectivity index (χ0) is 25.4. The number of hydrogen-bond donors (Lipinski definition) is 1. The summed E-state index contributed by atoms with van der Waals surface area (Å²) >= 11 is 9.52. The number of carbonyl (C=O) groups excluding carboxylic acids is 1. The Balaban J connectivity index is 1.82. The van der Waals surface area contributed by atoms with Gasteiger partial charge in [0, 0.05) is 24.1 Å². The SMILES string of the molecule is CCCC(C)O/C(=N/C(=O)Nc1ccc(Oc2ncc(Br)cn2)c(Cl)c1)c1ccccc1[N+](=O)[O-]. The van der Waals surface area contributed by atoms with Gasteiger partial charge >= 0.3 is 12.0 Å². The van der Waals surface area contributed by atoms with Crippen molar-refractivity contribution in [1.82, 2.24) is 9.97 Å². The summed E-state index contributed by atoms with van der Waals surface area (Å²) in [5, 5.41) is 14.3. The van der Waals surface area contributed by atoms with E-state index < -0.39 is 11.0 Å². The van der Waals surface area contributed by atoms with Crippen molar-refractivity contribution in [3.05, 3.63) is 80.0 Å². The van der Waals surface area contributed by atoms with Crippen LogP contribution in [0.4, 0.5) is 16.2 Å². The average Bonchev–Trinajstić information content (AvgIpc) is 2.82. The lowest BCUT2D eigenvalue weighted by atomic mass is 10.1. The van der Waals surface area contributed by atoms with Crippen molar-refractivity contribution in [3.63, 3.8) is 0 Å². The minimum absolute atomic E-state index is 0.101. The third-order valence-corrected chi connectivity index (χ3v) is 5.23. The van der Waals surface area contributed by atoms with Crippen molar-refractivity contribution in [3.8, 4) is 11.8 Å². The van der Waals surface area contributed by atoms with E-state index in [1.807, 2.05) is 6.92 Å². The number of halogens is 2. The van der Waals surface area contributed by atoms with E-state index in [9.17, 15) is 14.9 Å². The number of nitro benzene ring substituents is 1. The molecule has 0 spiro atoms. The molecule has 0 aliphatic carbocycles. The standard InChI is InChI=1S/C23H21BrClN5O5/c1-3-6-14(2)34-21(17-7-4-5-8-19(17)30(32)33)29-22(31)28-16-9-10-20(18(25)11-16)35-23-26-12-15(24)13-27-23/h4-5,7-14H,3,6H2,1-2H3,(H,28,31)/b29-21+. The van der Waals surface area contributed by atoms with E-state index in [0.29, 0.717) is 16.6 Å². The molecule has 0 saturated carbocycles. The number of carbonyl (C=O) groups is 1. The molecule has 3 rings (SSSR count). The number of urea groups is 1. The minimum atomic E-state index is -0.789. The van der Waals surface area contributed by atoms with Crippen LogP contribution in [0.2, 0.25) is 5.02 Å². The number of benzene rings is 2. The lowest BCUT2D eigenvalue weighted by molar-refractivity contribution is -0.385. The van der Waals surface area contributed by atoms with Crippen molar-refractivity contribution in [1.29, 1.82) is 0 Å². The molecular weight excluding hydrogens is 542 g/mol. The summed E-state index contributed by atoms with van der Waals surface area (Å²) in [5.74, 6) is 0.141. The molecule has 1 aromatic heterocycles. The van der Waals surface area contributed by atoms with Crippen molar-refractivity contribution in [2.24, 2.45) is 4.99 Å². The molecule has 0 radical (unpaired) electrons. The fourth-order valence-electron chi connectivity index (χ4n) is 2.98. The number of anilines is 1. The normalized spacial score (nSPS) is 12.1. The summed E-state index contributed by atoms with van der Waals surface area (Å²) in [6.45, 7) is 3.79. The van der Waals surface area contributed by atoms with Gasteiger partial charge in [0.25, 0.3) is 5.69 Å². The highest BCUT2D eigenvalue weighted by Crippen LogP contribution is 2.30. The summed E-state index contributed by atoms with van der Waals surface area (Å²) in [4.78, 5) is 35.6. The molecule has 0 saturated heterocycles. The van der Waals surface area contributed by atoms with Gasteiger partial charge in [-0.15, -0.1) is 0 Å². The molecule has 0 aliphatic heterocycles. The van der Waals surface area contributed by atoms with Gasteiger partial charge in [-0.05, 0) is 53.5 Å². The van der Waals surface area contributed by atoms with Crippen LogP contribution >= 0.6 is 27.5 Å². The second-order valence-corrected chi connectivity index (χ2v) is 8.59. The first kappa shape index (κ1) is 26.0. The molecule has 10 nitrogen and oxygen atoms in total. The van der Waals surface area contributed by atoms with E-state index in [1.54, 1.807) is 19.1 Å². The third kappa shape index (κ3) is 7.46. The Morgan fingerprint density at radius 2 is 1.97 bits per heavy atom. The van der Waals surface area contributed by atoms with E-state index in [4.69, 9.17) is 21.1 Å². The van der Waals surface area contributed by atoms with Gasteiger partial charge < -0.3 is 14.8 Å². The Labute approximate surface area is 214 Å². The Kier molecular flexibility index (Phi) is 9.10. The van der Waals surface area contributed by atoms with Crippen LogP contribution in [0, 0.1) is 10.1 Å². The summed E-state index contributed by atoms with van der Waals surface area (Å²) in [6.07, 6.45) is 4.26.